The maximum Gasteiger partial charge on any atom is 0.191 e. The Morgan fingerprint density at radius 1 is 1.32 bits per heavy atom. The molecular formula is C17H31N5. The molecule has 5 nitrogen and oxygen atoms in total. The second-order valence-corrected chi connectivity index (χ2v) is 6.96. The molecule has 2 rings (SSSR count). The van der Waals surface area contributed by atoms with E-state index in [-0.39, 0.29) is 0 Å². The highest BCUT2D eigenvalue weighted by Gasteiger charge is 2.34. The van der Waals surface area contributed by atoms with Crippen molar-refractivity contribution in [2.75, 3.05) is 20.1 Å². The summed E-state index contributed by atoms with van der Waals surface area (Å²) in [6.07, 6.45) is 12.4. The largest absolute Gasteiger partial charge is 0.356 e. The van der Waals surface area contributed by atoms with E-state index in [1.807, 2.05) is 25.8 Å². The van der Waals surface area contributed by atoms with Crippen LogP contribution in [0.15, 0.2) is 23.7 Å². The highest BCUT2D eigenvalue weighted by atomic mass is 15.2. The quantitative estimate of drug-likeness (QED) is 0.601. The third-order valence-electron chi connectivity index (χ3n) is 4.58. The van der Waals surface area contributed by atoms with Crippen LogP contribution in [0.3, 0.4) is 0 Å². The Bertz CT molecular complexity index is 444. The van der Waals surface area contributed by atoms with Gasteiger partial charge in [-0.2, -0.15) is 0 Å². The predicted octanol–water partition coefficient (Wildman–Crippen LogP) is 2.65. The number of hydrogen-bond acceptors (Lipinski definition) is 2. The minimum atomic E-state index is 0.468. The van der Waals surface area contributed by atoms with Crippen LogP contribution >= 0.6 is 0 Å². The van der Waals surface area contributed by atoms with E-state index in [9.17, 15) is 0 Å². The summed E-state index contributed by atoms with van der Waals surface area (Å²) in [7, 11) is 1.84. The van der Waals surface area contributed by atoms with Crippen molar-refractivity contribution in [3.63, 3.8) is 0 Å². The van der Waals surface area contributed by atoms with Gasteiger partial charge in [-0.15, -0.1) is 0 Å². The van der Waals surface area contributed by atoms with Crippen LogP contribution in [-0.2, 0) is 6.54 Å². The average molecular weight is 305 g/mol. The Hall–Kier alpha value is -1.52. The van der Waals surface area contributed by atoms with E-state index in [1.54, 1.807) is 0 Å². The first-order valence-electron chi connectivity index (χ1n) is 8.54. The smallest absolute Gasteiger partial charge is 0.191 e. The van der Waals surface area contributed by atoms with Gasteiger partial charge in [0, 0.05) is 39.1 Å². The van der Waals surface area contributed by atoms with Gasteiger partial charge >= 0.3 is 0 Å². The number of aromatic nitrogens is 2. The molecule has 1 aromatic rings. The molecule has 1 aliphatic carbocycles. The monoisotopic (exact) mass is 305 g/mol. The van der Waals surface area contributed by atoms with E-state index in [0.717, 1.165) is 31.5 Å². The Morgan fingerprint density at radius 3 is 2.68 bits per heavy atom. The molecule has 0 aromatic carbocycles. The molecule has 0 bridgehead atoms. The van der Waals surface area contributed by atoms with Crippen molar-refractivity contribution in [1.29, 1.82) is 0 Å². The Labute approximate surface area is 134 Å². The van der Waals surface area contributed by atoms with Crippen LogP contribution in [0.2, 0.25) is 0 Å². The van der Waals surface area contributed by atoms with Crippen molar-refractivity contribution in [2.45, 2.75) is 52.5 Å². The fraction of sp³-hybridized carbons (Fsp3) is 0.765. The van der Waals surface area contributed by atoms with E-state index >= 15 is 0 Å². The van der Waals surface area contributed by atoms with E-state index in [0.29, 0.717) is 5.41 Å². The summed E-state index contributed by atoms with van der Waals surface area (Å²) in [4.78, 5) is 8.40. The molecule has 1 aliphatic rings. The third kappa shape index (κ3) is 5.04. The minimum absolute atomic E-state index is 0.468. The first-order valence-corrected chi connectivity index (χ1v) is 8.54. The number of aliphatic imine (C=N–C) groups is 1. The van der Waals surface area contributed by atoms with Crippen LogP contribution in [0.1, 0.15) is 46.0 Å². The van der Waals surface area contributed by atoms with E-state index in [4.69, 9.17) is 0 Å². The molecule has 1 fully saturated rings. The Morgan fingerprint density at radius 2 is 2.09 bits per heavy atom. The zero-order chi connectivity index (χ0) is 15.8. The normalized spacial score (nSPS) is 17.9. The van der Waals surface area contributed by atoms with Gasteiger partial charge in [0.1, 0.15) is 0 Å². The maximum atomic E-state index is 4.35. The second-order valence-electron chi connectivity index (χ2n) is 6.96. The molecule has 124 valence electrons. The fourth-order valence-electron chi connectivity index (χ4n) is 3.66. The molecular weight excluding hydrogens is 274 g/mol. The van der Waals surface area contributed by atoms with Crippen molar-refractivity contribution < 1.29 is 0 Å². The number of hydrogen-bond donors (Lipinski definition) is 2. The SMILES string of the molecule is CN=C(NCCn1ccnc1)NCC1(CC(C)C)CCCC1. The van der Waals surface area contributed by atoms with Gasteiger partial charge in [-0.3, -0.25) is 4.99 Å². The number of imidazole rings is 1. The zero-order valence-corrected chi connectivity index (χ0v) is 14.3. The molecule has 0 radical (unpaired) electrons. The molecule has 1 heterocycles. The minimum Gasteiger partial charge on any atom is -0.356 e. The second kappa shape index (κ2) is 8.20. The Balaban J connectivity index is 1.77. The number of guanidine groups is 1. The summed E-state index contributed by atoms with van der Waals surface area (Å²) >= 11 is 0. The summed E-state index contributed by atoms with van der Waals surface area (Å²) in [5.74, 6) is 1.67. The lowest BCUT2D eigenvalue weighted by molar-refractivity contribution is 0.235. The topological polar surface area (TPSA) is 54.2 Å². The highest BCUT2D eigenvalue weighted by Crippen LogP contribution is 2.42. The van der Waals surface area contributed by atoms with E-state index in [2.05, 4.69) is 39.0 Å². The lowest BCUT2D eigenvalue weighted by Gasteiger charge is -2.32. The van der Waals surface area contributed by atoms with Crippen molar-refractivity contribution in [3.8, 4) is 0 Å². The maximum absolute atomic E-state index is 4.35. The highest BCUT2D eigenvalue weighted by molar-refractivity contribution is 5.79. The van der Waals surface area contributed by atoms with Gasteiger partial charge in [0.25, 0.3) is 0 Å². The van der Waals surface area contributed by atoms with Crippen LogP contribution in [0.25, 0.3) is 0 Å². The third-order valence-corrected chi connectivity index (χ3v) is 4.58. The summed E-state index contributed by atoms with van der Waals surface area (Å²) in [6, 6.07) is 0. The van der Waals surface area contributed by atoms with Crippen LogP contribution in [0.4, 0.5) is 0 Å². The van der Waals surface area contributed by atoms with E-state index in [1.165, 1.54) is 32.1 Å². The summed E-state index contributed by atoms with van der Waals surface area (Å²) < 4.78 is 2.07. The summed E-state index contributed by atoms with van der Waals surface area (Å²) in [6.45, 7) is 7.46. The fourth-order valence-corrected chi connectivity index (χ4v) is 3.66. The Kier molecular flexibility index (Phi) is 6.28. The van der Waals surface area contributed by atoms with Gasteiger partial charge in [-0.05, 0) is 30.6 Å². The first kappa shape index (κ1) is 16.8. The molecule has 1 aromatic heterocycles. The van der Waals surface area contributed by atoms with Crippen molar-refractivity contribution >= 4 is 5.96 Å². The van der Waals surface area contributed by atoms with Gasteiger partial charge in [-0.1, -0.05) is 26.7 Å². The molecule has 2 N–H and O–H groups in total. The molecule has 5 heteroatoms. The lowest BCUT2D eigenvalue weighted by Crippen LogP contribution is -2.44. The van der Waals surface area contributed by atoms with Gasteiger partial charge in [0.2, 0.25) is 0 Å². The molecule has 22 heavy (non-hydrogen) atoms. The molecule has 0 spiro atoms. The number of nitrogens with zero attached hydrogens (tertiary/aromatic N) is 3. The van der Waals surface area contributed by atoms with Crippen LogP contribution < -0.4 is 10.6 Å². The molecule has 0 atom stereocenters. The van der Waals surface area contributed by atoms with Gasteiger partial charge < -0.3 is 15.2 Å². The predicted molar refractivity (Wildman–Crippen MR) is 91.9 cm³/mol. The molecule has 0 amide bonds. The number of rotatable bonds is 7. The van der Waals surface area contributed by atoms with Gasteiger partial charge in [-0.25, -0.2) is 4.98 Å². The molecule has 0 unspecified atom stereocenters. The van der Waals surface area contributed by atoms with Crippen molar-refractivity contribution in [3.05, 3.63) is 18.7 Å². The standard InChI is InChI=1S/C17H31N5/c1-15(2)12-17(6-4-5-7-17)13-21-16(18-3)20-9-11-22-10-8-19-14-22/h8,10,14-15H,4-7,9,11-13H2,1-3H3,(H2,18,20,21). The zero-order valence-electron chi connectivity index (χ0n) is 14.3. The van der Waals surface area contributed by atoms with Gasteiger partial charge in [0.15, 0.2) is 5.96 Å². The molecule has 0 saturated heterocycles. The van der Waals surface area contributed by atoms with Crippen LogP contribution in [0, 0.1) is 11.3 Å². The molecule has 1 saturated carbocycles. The molecule has 0 aliphatic heterocycles. The van der Waals surface area contributed by atoms with Crippen molar-refractivity contribution in [2.24, 2.45) is 16.3 Å². The first-order chi connectivity index (χ1) is 10.6. The summed E-state index contributed by atoms with van der Waals surface area (Å²) in [5, 5.41) is 6.94. The van der Waals surface area contributed by atoms with E-state index < -0.39 is 0 Å². The van der Waals surface area contributed by atoms with Crippen LogP contribution in [0.5, 0.6) is 0 Å². The summed E-state index contributed by atoms with van der Waals surface area (Å²) in [5.41, 5.74) is 0.468. The van der Waals surface area contributed by atoms with Crippen LogP contribution in [-0.4, -0.2) is 35.6 Å². The lowest BCUT2D eigenvalue weighted by atomic mass is 9.78. The number of nitrogens with one attached hydrogen (secondary N) is 2. The van der Waals surface area contributed by atoms with Crippen molar-refractivity contribution in [1.82, 2.24) is 20.2 Å². The van der Waals surface area contributed by atoms with Gasteiger partial charge in [0.05, 0.1) is 6.33 Å². The average Bonchev–Trinajstić information content (AvgIpc) is 3.14.